The summed E-state index contributed by atoms with van der Waals surface area (Å²) in [6.45, 7) is 0.495. The number of hydrogen-bond donors (Lipinski definition) is 1. The number of nitrogens with zero attached hydrogens (tertiary/aromatic N) is 4. The molecule has 4 rings (SSSR count). The van der Waals surface area contributed by atoms with Gasteiger partial charge in [-0.2, -0.15) is 5.10 Å². The van der Waals surface area contributed by atoms with Crippen molar-refractivity contribution in [1.82, 2.24) is 25.3 Å². The Labute approximate surface area is 157 Å². The molecule has 1 N–H and O–H groups in total. The average molecular weight is 365 g/mol. The third-order valence-corrected chi connectivity index (χ3v) is 4.95. The Bertz CT molecular complexity index is 864. The molecule has 2 heterocycles. The van der Waals surface area contributed by atoms with E-state index in [0.29, 0.717) is 31.2 Å². The van der Waals surface area contributed by atoms with Crippen LogP contribution in [0.3, 0.4) is 0 Å². The van der Waals surface area contributed by atoms with E-state index in [-0.39, 0.29) is 5.91 Å². The summed E-state index contributed by atoms with van der Waals surface area (Å²) in [4.78, 5) is 12.1. The van der Waals surface area contributed by atoms with Gasteiger partial charge in [0.15, 0.2) is 0 Å². The predicted molar refractivity (Wildman–Crippen MR) is 99.2 cm³/mol. The largest absolute Gasteiger partial charge is 0.425 e. The van der Waals surface area contributed by atoms with Crippen molar-refractivity contribution in [2.45, 2.75) is 51.0 Å². The van der Waals surface area contributed by atoms with Crippen molar-refractivity contribution in [3.63, 3.8) is 0 Å². The maximum Gasteiger partial charge on any atom is 0.220 e. The minimum Gasteiger partial charge on any atom is -0.425 e. The van der Waals surface area contributed by atoms with Gasteiger partial charge in [-0.05, 0) is 36.6 Å². The lowest BCUT2D eigenvalue weighted by molar-refractivity contribution is -0.121. The molecular weight excluding hydrogens is 342 g/mol. The molecule has 1 aliphatic rings. The van der Waals surface area contributed by atoms with E-state index in [2.05, 4.69) is 20.6 Å². The Hall–Kier alpha value is -2.96. The lowest BCUT2D eigenvalue weighted by atomic mass is 10.1. The van der Waals surface area contributed by atoms with Crippen LogP contribution in [-0.4, -0.2) is 25.9 Å². The Morgan fingerprint density at radius 3 is 2.74 bits per heavy atom. The highest BCUT2D eigenvalue weighted by Gasteiger charge is 2.22. The van der Waals surface area contributed by atoms with Crippen LogP contribution in [0.4, 0.5) is 0 Å². The number of nitrogens with one attached hydrogen (secondary N) is 1. The summed E-state index contributed by atoms with van der Waals surface area (Å²) in [6, 6.07) is 9.83. The van der Waals surface area contributed by atoms with Crippen LogP contribution in [0.15, 0.2) is 47.1 Å². The first-order chi connectivity index (χ1) is 13.3. The molecule has 0 unspecified atom stereocenters. The Morgan fingerprint density at radius 1 is 1.19 bits per heavy atom. The third kappa shape index (κ3) is 4.42. The van der Waals surface area contributed by atoms with Crippen molar-refractivity contribution in [2.75, 3.05) is 0 Å². The van der Waals surface area contributed by atoms with E-state index >= 15 is 0 Å². The number of aromatic nitrogens is 4. The van der Waals surface area contributed by atoms with E-state index in [9.17, 15) is 4.79 Å². The predicted octanol–water partition coefficient (Wildman–Crippen LogP) is 3.16. The summed E-state index contributed by atoms with van der Waals surface area (Å²) in [6.07, 6.45) is 9.17. The van der Waals surface area contributed by atoms with Gasteiger partial charge in [-0.15, -0.1) is 10.2 Å². The highest BCUT2D eigenvalue weighted by Crippen LogP contribution is 2.33. The fourth-order valence-electron chi connectivity index (χ4n) is 3.40. The van der Waals surface area contributed by atoms with Crippen LogP contribution < -0.4 is 5.32 Å². The van der Waals surface area contributed by atoms with Gasteiger partial charge in [0, 0.05) is 37.7 Å². The van der Waals surface area contributed by atoms with Crippen LogP contribution >= 0.6 is 0 Å². The lowest BCUT2D eigenvalue weighted by Crippen LogP contribution is -2.23. The van der Waals surface area contributed by atoms with E-state index in [1.165, 1.54) is 12.8 Å². The summed E-state index contributed by atoms with van der Waals surface area (Å²) >= 11 is 0. The molecule has 0 radical (unpaired) electrons. The number of benzene rings is 1. The van der Waals surface area contributed by atoms with Gasteiger partial charge in [-0.3, -0.25) is 4.79 Å². The van der Waals surface area contributed by atoms with Crippen molar-refractivity contribution in [3.8, 4) is 5.69 Å². The molecule has 0 atom stereocenters. The van der Waals surface area contributed by atoms with Gasteiger partial charge < -0.3 is 9.73 Å². The van der Waals surface area contributed by atoms with E-state index in [1.807, 2.05) is 36.5 Å². The molecular formula is C20H23N5O2. The van der Waals surface area contributed by atoms with Crippen LogP contribution in [0.5, 0.6) is 0 Å². The molecule has 1 fully saturated rings. The second-order valence-electron chi connectivity index (χ2n) is 6.91. The first-order valence-corrected chi connectivity index (χ1v) is 9.46. The summed E-state index contributed by atoms with van der Waals surface area (Å²) in [5.74, 6) is 1.67. The Kier molecular flexibility index (Phi) is 5.27. The van der Waals surface area contributed by atoms with Crippen molar-refractivity contribution in [1.29, 1.82) is 0 Å². The molecule has 0 spiro atoms. The zero-order chi connectivity index (χ0) is 18.5. The summed E-state index contributed by atoms with van der Waals surface area (Å²) in [5, 5.41) is 15.4. The fraction of sp³-hybridized carbons (Fsp3) is 0.400. The number of hydrogen-bond acceptors (Lipinski definition) is 5. The van der Waals surface area contributed by atoms with Gasteiger partial charge in [-0.25, -0.2) is 4.68 Å². The highest BCUT2D eigenvalue weighted by molar-refractivity contribution is 5.76. The molecule has 7 heteroatoms. The van der Waals surface area contributed by atoms with Crippen LogP contribution in [0, 0.1) is 0 Å². The number of amides is 1. The van der Waals surface area contributed by atoms with Gasteiger partial charge >= 0.3 is 0 Å². The van der Waals surface area contributed by atoms with Gasteiger partial charge in [0.25, 0.3) is 0 Å². The molecule has 2 aromatic heterocycles. The SMILES string of the molecule is O=C(CCc1nnc(C2CCCC2)o1)NCc1ccc(-n2cccn2)cc1. The smallest absolute Gasteiger partial charge is 0.220 e. The van der Waals surface area contributed by atoms with Gasteiger partial charge in [0.1, 0.15) is 0 Å². The zero-order valence-electron chi connectivity index (χ0n) is 15.2. The minimum absolute atomic E-state index is 0.0215. The van der Waals surface area contributed by atoms with Gasteiger partial charge in [0.2, 0.25) is 17.7 Å². The standard InChI is InChI=1S/C20H23N5O2/c26-18(10-11-19-23-24-20(27-19)16-4-1-2-5-16)21-14-15-6-8-17(9-7-15)25-13-3-12-22-25/h3,6-9,12-13,16H,1-2,4-5,10-11,14H2,(H,21,26). The van der Waals surface area contributed by atoms with E-state index < -0.39 is 0 Å². The maximum atomic E-state index is 12.1. The average Bonchev–Trinajstić information content (AvgIpc) is 3.47. The monoisotopic (exact) mass is 365 g/mol. The minimum atomic E-state index is -0.0215. The van der Waals surface area contributed by atoms with Gasteiger partial charge in [0.05, 0.1) is 5.69 Å². The van der Waals surface area contributed by atoms with Crippen LogP contribution in [-0.2, 0) is 17.8 Å². The van der Waals surface area contributed by atoms with Gasteiger partial charge in [-0.1, -0.05) is 25.0 Å². The lowest BCUT2D eigenvalue weighted by Gasteiger charge is -2.06. The molecule has 0 bridgehead atoms. The topological polar surface area (TPSA) is 85.8 Å². The molecule has 7 nitrogen and oxygen atoms in total. The van der Waals surface area contributed by atoms with Crippen LogP contribution in [0.1, 0.15) is 55.4 Å². The number of aryl methyl sites for hydroxylation is 1. The van der Waals surface area contributed by atoms with E-state index in [1.54, 1.807) is 10.9 Å². The maximum absolute atomic E-state index is 12.1. The molecule has 1 aromatic carbocycles. The first kappa shape index (κ1) is 17.5. The number of rotatable bonds is 7. The van der Waals surface area contributed by atoms with Crippen LogP contribution in [0.25, 0.3) is 5.69 Å². The van der Waals surface area contributed by atoms with E-state index in [0.717, 1.165) is 30.0 Å². The molecule has 27 heavy (non-hydrogen) atoms. The second-order valence-corrected chi connectivity index (χ2v) is 6.91. The van der Waals surface area contributed by atoms with Crippen LogP contribution in [0.2, 0.25) is 0 Å². The van der Waals surface area contributed by atoms with Crippen molar-refractivity contribution in [2.24, 2.45) is 0 Å². The Morgan fingerprint density at radius 2 is 2.00 bits per heavy atom. The second kappa shape index (κ2) is 8.16. The van der Waals surface area contributed by atoms with Crippen molar-refractivity contribution in [3.05, 3.63) is 60.1 Å². The molecule has 140 valence electrons. The molecule has 1 saturated carbocycles. The third-order valence-electron chi connectivity index (χ3n) is 4.95. The Balaban J connectivity index is 1.23. The normalized spacial score (nSPS) is 14.5. The summed E-state index contributed by atoms with van der Waals surface area (Å²) in [7, 11) is 0. The molecule has 0 aliphatic heterocycles. The van der Waals surface area contributed by atoms with Crippen molar-refractivity contribution >= 4 is 5.91 Å². The molecule has 3 aromatic rings. The quantitative estimate of drug-likeness (QED) is 0.695. The molecule has 1 amide bonds. The molecule has 0 saturated heterocycles. The summed E-state index contributed by atoms with van der Waals surface area (Å²) < 4.78 is 7.52. The fourth-order valence-corrected chi connectivity index (χ4v) is 3.40. The van der Waals surface area contributed by atoms with Crippen molar-refractivity contribution < 1.29 is 9.21 Å². The summed E-state index contributed by atoms with van der Waals surface area (Å²) in [5.41, 5.74) is 2.03. The first-order valence-electron chi connectivity index (χ1n) is 9.46. The zero-order valence-corrected chi connectivity index (χ0v) is 15.2. The number of carbonyl (C=O) groups excluding carboxylic acids is 1. The van der Waals surface area contributed by atoms with E-state index in [4.69, 9.17) is 4.42 Å². The molecule has 1 aliphatic carbocycles. The highest BCUT2D eigenvalue weighted by atomic mass is 16.4. The number of carbonyl (C=O) groups is 1.